The Morgan fingerprint density at radius 2 is 1.94 bits per heavy atom. The van der Waals surface area contributed by atoms with Crippen LogP contribution in [0, 0.1) is 0 Å². The van der Waals surface area contributed by atoms with E-state index >= 15 is 0 Å². The van der Waals surface area contributed by atoms with Crippen molar-refractivity contribution in [3.05, 3.63) is 29.3 Å². The Labute approximate surface area is 87.4 Å². The first-order chi connectivity index (χ1) is 7.40. The van der Waals surface area contributed by atoms with Crippen molar-refractivity contribution in [3.8, 4) is 5.75 Å². The number of hydrogen-bond donors (Lipinski definition) is 1. The largest absolute Gasteiger partial charge is 0.507 e. The predicted octanol–water partition coefficient (Wildman–Crippen LogP) is 2.39. The lowest BCUT2D eigenvalue weighted by Gasteiger charge is -2.15. The highest BCUT2D eigenvalue weighted by molar-refractivity contribution is 5.79. The molecule has 1 aliphatic heterocycles. The Balaban J connectivity index is 2.43. The molecule has 16 heavy (non-hydrogen) atoms. The number of halogens is 3. The van der Waals surface area contributed by atoms with E-state index in [0.717, 1.165) is 18.2 Å². The van der Waals surface area contributed by atoms with Crippen LogP contribution in [0.1, 0.15) is 15.9 Å². The van der Waals surface area contributed by atoms with Crippen LogP contribution < -0.4 is 0 Å². The third-order valence-electron chi connectivity index (χ3n) is 2.26. The number of benzene rings is 1. The van der Waals surface area contributed by atoms with Gasteiger partial charge in [0.2, 0.25) is 0 Å². The molecular weight excluding hydrogens is 225 g/mol. The number of hydrogen-bond acceptors (Lipinski definition) is 4. The molecule has 0 unspecified atom stereocenters. The molecule has 1 aliphatic rings. The lowest BCUT2D eigenvalue weighted by Crippen LogP contribution is -2.30. The fourth-order valence-corrected chi connectivity index (χ4v) is 1.30. The first-order valence-electron chi connectivity index (χ1n) is 4.20. The van der Waals surface area contributed by atoms with Crippen molar-refractivity contribution >= 4 is 6.29 Å². The van der Waals surface area contributed by atoms with Gasteiger partial charge in [-0.15, -0.1) is 10.2 Å². The van der Waals surface area contributed by atoms with E-state index in [1.807, 2.05) is 0 Å². The van der Waals surface area contributed by atoms with Crippen LogP contribution in [0.4, 0.5) is 13.2 Å². The smallest absolute Gasteiger partial charge is 0.442 e. The number of carbonyl (C=O) groups is 1. The molecule has 0 amide bonds. The predicted molar refractivity (Wildman–Crippen MR) is 46.1 cm³/mol. The van der Waals surface area contributed by atoms with E-state index in [1.165, 1.54) is 0 Å². The Bertz CT molecular complexity index is 476. The van der Waals surface area contributed by atoms with Crippen LogP contribution >= 0.6 is 0 Å². The second-order valence-corrected chi connectivity index (χ2v) is 3.26. The van der Waals surface area contributed by atoms with E-state index in [4.69, 9.17) is 0 Å². The molecule has 0 atom stereocenters. The van der Waals surface area contributed by atoms with Gasteiger partial charge in [-0.2, -0.15) is 13.2 Å². The van der Waals surface area contributed by atoms with Gasteiger partial charge in [0.05, 0.1) is 5.56 Å². The third-order valence-corrected chi connectivity index (χ3v) is 2.26. The van der Waals surface area contributed by atoms with Gasteiger partial charge >= 0.3 is 11.8 Å². The highest BCUT2D eigenvalue weighted by Gasteiger charge is 2.65. The zero-order chi connectivity index (χ0) is 12.0. The maximum absolute atomic E-state index is 12.6. The van der Waals surface area contributed by atoms with Gasteiger partial charge in [-0.25, -0.2) is 0 Å². The molecule has 0 radical (unpaired) electrons. The minimum Gasteiger partial charge on any atom is -0.507 e. The molecule has 0 fully saturated rings. The van der Waals surface area contributed by atoms with Crippen LogP contribution in [0.2, 0.25) is 0 Å². The molecule has 1 heterocycles. The Morgan fingerprint density at radius 3 is 2.31 bits per heavy atom. The summed E-state index contributed by atoms with van der Waals surface area (Å²) in [6, 6.07) is 3.00. The summed E-state index contributed by atoms with van der Waals surface area (Å²) in [5.74, 6) is -0.520. The number of phenolic OH excluding ortho intramolecular Hbond substituents is 1. The van der Waals surface area contributed by atoms with E-state index < -0.39 is 17.6 Å². The number of carbonyl (C=O) groups excluding carboxylic acids is 1. The fourth-order valence-electron chi connectivity index (χ4n) is 1.30. The lowest BCUT2D eigenvalue weighted by molar-refractivity contribution is -0.166. The molecule has 0 bridgehead atoms. The summed E-state index contributed by atoms with van der Waals surface area (Å²) in [5, 5.41) is 15.2. The summed E-state index contributed by atoms with van der Waals surface area (Å²) in [6.07, 6.45) is -4.29. The monoisotopic (exact) mass is 230 g/mol. The van der Waals surface area contributed by atoms with Crippen molar-refractivity contribution in [2.24, 2.45) is 10.2 Å². The first kappa shape index (κ1) is 10.6. The number of aromatic hydroxyl groups is 1. The van der Waals surface area contributed by atoms with Crippen molar-refractivity contribution in [3.63, 3.8) is 0 Å². The Morgan fingerprint density at radius 1 is 1.31 bits per heavy atom. The maximum Gasteiger partial charge on any atom is 0.442 e. The second-order valence-electron chi connectivity index (χ2n) is 3.26. The molecule has 0 spiro atoms. The zero-order valence-corrected chi connectivity index (χ0v) is 7.69. The van der Waals surface area contributed by atoms with Crippen molar-refractivity contribution in [2.75, 3.05) is 0 Å². The summed E-state index contributed by atoms with van der Waals surface area (Å²) in [7, 11) is 0. The van der Waals surface area contributed by atoms with E-state index in [1.54, 1.807) is 0 Å². The van der Waals surface area contributed by atoms with Gasteiger partial charge in [0.15, 0.2) is 6.29 Å². The highest BCUT2D eigenvalue weighted by atomic mass is 19.4. The third kappa shape index (κ3) is 1.36. The molecule has 1 aromatic rings. The molecule has 0 saturated heterocycles. The fraction of sp³-hybridized carbons (Fsp3) is 0.222. The second kappa shape index (κ2) is 3.03. The van der Waals surface area contributed by atoms with Crippen LogP contribution in [0.15, 0.2) is 28.4 Å². The highest BCUT2D eigenvalue weighted by Crippen LogP contribution is 2.52. The number of aldehydes is 1. The molecule has 84 valence electrons. The van der Waals surface area contributed by atoms with Gasteiger partial charge in [-0.1, -0.05) is 6.07 Å². The van der Waals surface area contributed by atoms with E-state index in [9.17, 15) is 23.1 Å². The van der Waals surface area contributed by atoms with E-state index in [2.05, 4.69) is 10.2 Å². The average molecular weight is 230 g/mol. The molecule has 7 heteroatoms. The summed E-state index contributed by atoms with van der Waals surface area (Å²) in [5.41, 5.74) is -2.95. The van der Waals surface area contributed by atoms with Gasteiger partial charge in [-0.3, -0.25) is 4.79 Å². The van der Waals surface area contributed by atoms with Crippen molar-refractivity contribution in [1.82, 2.24) is 0 Å². The molecule has 4 nitrogen and oxygen atoms in total. The summed E-state index contributed by atoms with van der Waals surface area (Å²) >= 11 is 0. The molecule has 0 aliphatic carbocycles. The summed E-state index contributed by atoms with van der Waals surface area (Å²) in [4.78, 5) is 10.4. The van der Waals surface area contributed by atoms with Gasteiger partial charge in [-0.05, 0) is 12.1 Å². The average Bonchev–Trinajstić information content (AvgIpc) is 2.97. The lowest BCUT2D eigenvalue weighted by atomic mass is 10.0. The van der Waals surface area contributed by atoms with Gasteiger partial charge in [0, 0.05) is 5.56 Å². The van der Waals surface area contributed by atoms with Gasteiger partial charge < -0.3 is 5.11 Å². The van der Waals surface area contributed by atoms with Crippen molar-refractivity contribution in [1.29, 1.82) is 0 Å². The number of nitrogens with zero attached hydrogens (tertiary/aromatic N) is 2. The minimum atomic E-state index is -4.64. The normalized spacial score (nSPS) is 17.2. The first-order valence-corrected chi connectivity index (χ1v) is 4.20. The molecule has 2 rings (SSSR count). The standard InChI is InChI=1S/C9H5F3N2O2/c10-9(11,12)8(13-14-8)6-2-1-5(4-15)7(16)3-6/h1-4,16H. The van der Waals surface area contributed by atoms with Crippen molar-refractivity contribution < 1.29 is 23.1 Å². The Kier molecular flexibility index (Phi) is 2.01. The van der Waals surface area contributed by atoms with Crippen LogP contribution in [-0.2, 0) is 5.66 Å². The minimum absolute atomic E-state index is 0.0817. The molecule has 0 aromatic heterocycles. The van der Waals surface area contributed by atoms with Crippen molar-refractivity contribution in [2.45, 2.75) is 11.8 Å². The van der Waals surface area contributed by atoms with E-state index in [-0.39, 0.29) is 11.1 Å². The van der Waals surface area contributed by atoms with Crippen LogP contribution in [0.3, 0.4) is 0 Å². The number of phenols is 1. The van der Waals surface area contributed by atoms with Gasteiger partial charge in [0.1, 0.15) is 5.75 Å². The molecule has 1 aromatic carbocycles. The number of alkyl halides is 3. The topological polar surface area (TPSA) is 62.0 Å². The molecular formula is C9H5F3N2O2. The quantitative estimate of drug-likeness (QED) is 0.793. The molecule has 1 N–H and O–H groups in total. The maximum atomic E-state index is 12.6. The molecule has 0 saturated carbocycles. The zero-order valence-electron chi connectivity index (χ0n) is 7.69. The summed E-state index contributed by atoms with van der Waals surface area (Å²) < 4.78 is 37.7. The Hall–Kier alpha value is -1.92. The van der Waals surface area contributed by atoms with E-state index in [0.29, 0.717) is 6.29 Å². The van der Waals surface area contributed by atoms with Gasteiger partial charge in [0.25, 0.3) is 0 Å². The summed E-state index contributed by atoms with van der Waals surface area (Å²) in [6.45, 7) is 0. The van der Waals surface area contributed by atoms with Crippen LogP contribution in [0.5, 0.6) is 5.75 Å². The SMILES string of the molecule is O=Cc1ccc(C2(C(F)(F)F)N=N2)cc1O. The number of rotatable bonds is 2. The van der Waals surface area contributed by atoms with Crippen LogP contribution in [-0.4, -0.2) is 17.6 Å². The van der Waals surface area contributed by atoms with Crippen LogP contribution in [0.25, 0.3) is 0 Å².